The molecule has 3 amide bonds. The second-order valence-electron chi connectivity index (χ2n) is 5.90. The molecule has 0 aliphatic carbocycles. The van der Waals surface area contributed by atoms with Gasteiger partial charge in [0.15, 0.2) is 0 Å². The van der Waals surface area contributed by atoms with Crippen LogP contribution < -0.4 is 16.4 Å². The van der Waals surface area contributed by atoms with E-state index in [4.69, 9.17) is 17.3 Å². The normalized spacial score (nSPS) is 12.1. The number of amides is 3. The fourth-order valence-electron chi connectivity index (χ4n) is 2.59. The average molecular weight is 392 g/mol. The lowest BCUT2D eigenvalue weighted by molar-refractivity contribution is -0.121. The molecule has 0 saturated heterocycles. The number of carbonyl (C=O) groups is 2. The van der Waals surface area contributed by atoms with Crippen molar-refractivity contribution in [2.45, 2.75) is 6.42 Å². The summed E-state index contributed by atoms with van der Waals surface area (Å²) in [6.45, 7) is 0.124. The van der Waals surface area contributed by atoms with E-state index in [0.29, 0.717) is 16.4 Å². The van der Waals surface area contributed by atoms with Gasteiger partial charge in [-0.25, -0.2) is 4.79 Å². The number of thiophene rings is 1. The Balaban J connectivity index is 1.61. The molecule has 7 nitrogen and oxygen atoms in total. The van der Waals surface area contributed by atoms with Gasteiger partial charge in [-0.15, -0.1) is 11.3 Å². The molecule has 4 N–H and O–H groups in total. The number of fused-ring (bicyclic) bond motifs is 1. The topological polar surface area (TPSA) is 102 Å². The van der Waals surface area contributed by atoms with Crippen LogP contribution in [-0.2, 0) is 18.3 Å². The van der Waals surface area contributed by atoms with Gasteiger partial charge in [0.2, 0.25) is 5.91 Å². The lowest BCUT2D eigenvalue weighted by Gasteiger charge is -2.13. The van der Waals surface area contributed by atoms with Gasteiger partial charge in [0.05, 0.1) is 17.1 Å². The second kappa shape index (κ2) is 7.76. The molecule has 9 heteroatoms. The van der Waals surface area contributed by atoms with Crippen molar-refractivity contribution in [2.75, 3.05) is 11.9 Å². The van der Waals surface area contributed by atoms with Crippen molar-refractivity contribution < 1.29 is 9.59 Å². The smallest absolute Gasteiger partial charge is 0.319 e. The summed E-state index contributed by atoms with van der Waals surface area (Å²) in [5.74, 6) is -1.00. The first kappa shape index (κ1) is 18.2. The minimum absolute atomic E-state index is 0.124. The summed E-state index contributed by atoms with van der Waals surface area (Å²) in [5.41, 5.74) is 6.33. The third-order valence-corrected chi connectivity index (χ3v) is 5.50. The zero-order valence-electron chi connectivity index (χ0n) is 14.0. The van der Waals surface area contributed by atoms with Crippen molar-refractivity contribution in [1.82, 2.24) is 15.1 Å². The Hall–Kier alpha value is -2.58. The van der Waals surface area contributed by atoms with Gasteiger partial charge in [0, 0.05) is 29.9 Å². The first-order valence-electron chi connectivity index (χ1n) is 7.92. The van der Waals surface area contributed by atoms with Crippen LogP contribution in [0.4, 0.5) is 9.80 Å². The molecule has 3 aromatic rings. The number of aromatic nitrogens is 2. The maximum Gasteiger partial charge on any atom is 0.319 e. The van der Waals surface area contributed by atoms with Crippen molar-refractivity contribution in [3.8, 4) is 0 Å². The Bertz CT molecular complexity index is 952. The average Bonchev–Trinajstić information content (AvgIpc) is 3.15. The van der Waals surface area contributed by atoms with E-state index in [0.717, 1.165) is 15.6 Å². The molecule has 0 saturated carbocycles. The number of halogens is 1. The van der Waals surface area contributed by atoms with Gasteiger partial charge in [0.25, 0.3) is 0 Å². The number of benzene rings is 1. The van der Waals surface area contributed by atoms with Crippen molar-refractivity contribution in [2.24, 2.45) is 18.7 Å². The first-order valence-corrected chi connectivity index (χ1v) is 9.12. The molecule has 1 aromatic carbocycles. The molecule has 2 heterocycles. The van der Waals surface area contributed by atoms with Crippen molar-refractivity contribution >= 4 is 50.0 Å². The molecule has 0 radical (unpaired) electrons. The number of hydrogen-bond acceptors (Lipinski definition) is 4. The Labute approximate surface area is 159 Å². The van der Waals surface area contributed by atoms with Crippen molar-refractivity contribution in [3.63, 3.8) is 0 Å². The number of nitrogens with one attached hydrogen (secondary N) is 2. The third kappa shape index (κ3) is 4.14. The number of primary amides is 1. The molecule has 0 unspecified atom stereocenters. The van der Waals surface area contributed by atoms with E-state index in [2.05, 4.69) is 15.7 Å². The summed E-state index contributed by atoms with van der Waals surface area (Å²) in [4.78, 5) is 23.8. The van der Waals surface area contributed by atoms with Crippen LogP contribution in [-0.4, -0.2) is 28.3 Å². The molecule has 0 aliphatic heterocycles. The molecule has 136 valence electrons. The second-order valence-corrected chi connectivity index (χ2v) is 7.33. The summed E-state index contributed by atoms with van der Waals surface area (Å²) >= 11 is 7.70. The lowest BCUT2D eigenvalue weighted by atomic mass is 10.0. The molecule has 3 rings (SSSR count). The van der Waals surface area contributed by atoms with Gasteiger partial charge in [-0.1, -0.05) is 29.8 Å². The highest BCUT2D eigenvalue weighted by Gasteiger charge is 2.19. The Kier molecular flexibility index (Phi) is 5.43. The molecule has 0 spiro atoms. The monoisotopic (exact) mass is 391 g/mol. The van der Waals surface area contributed by atoms with Crippen LogP contribution in [0.5, 0.6) is 0 Å². The summed E-state index contributed by atoms with van der Waals surface area (Å²) in [6.07, 6.45) is 3.90. The van der Waals surface area contributed by atoms with Crippen LogP contribution in [0, 0.1) is 5.92 Å². The van der Waals surface area contributed by atoms with Gasteiger partial charge >= 0.3 is 6.03 Å². The number of urea groups is 1. The Morgan fingerprint density at radius 2 is 2.15 bits per heavy atom. The number of nitrogens with zero attached hydrogens (tertiary/aromatic N) is 2. The number of nitrogens with two attached hydrogens (primary N) is 1. The highest BCUT2D eigenvalue weighted by molar-refractivity contribution is 7.23. The summed E-state index contributed by atoms with van der Waals surface area (Å²) in [6, 6.07) is 7.20. The Morgan fingerprint density at radius 1 is 1.38 bits per heavy atom. The minimum atomic E-state index is -0.525. The van der Waals surface area contributed by atoms with Crippen LogP contribution in [0.2, 0.25) is 5.02 Å². The standard InChI is InChI=1S/C17H18ClN5O2S/c1-23-9-10(7-21-23)6-11(15(19)24)8-20-17(25)22-16-14(18)12-4-2-3-5-13(12)26-16/h2-5,7,9,11H,6,8H2,1H3,(H2,19,24)(H2,20,22,25)/t11-/m0/s1. The van der Waals surface area contributed by atoms with Crippen LogP contribution in [0.3, 0.4) is 0 Å². The summed E-state index contributed by atoms with van der Waals surface area (Å²) in [5, 5.41) is 11.4. The van der Waals surface area contributed by atoms with Gasteiger partial charge in [0.1, 0.15) is 5.00 Å². The molecule has 2 aromatic heterocycles. The fourth-order valence-corrected chi connectivity index (χ4v) is 3.97. The van der Waals surface area contributed by atoms with Crippen LogP contribution >= 0.6 is 22.9 Å². The molecule has 26 heavy (non-hydrogen) atoms. The number of rotatable bonds is 6. The fraction of sp³-hybridized carbons (Fsp3) is 0.235. The van der Waals surface area contributed by atoms with Gasteiger partial charge in [-0.2, -0.15) is 5.10 Å². The number of hydrogen-bond donors (Lipinski definition) is 3. The predicted molar refractivity (Wildman–Crippen MR) is 103 cm³/mol. The zero-order valence-corrected chi connectivity index (χ0v) is 15.6. The number of aryl methyl sites for hydroxylation is 1. The summed E-state index contributed by atoms with van der Waals surface area (Å²) < 4.78 is 2.64. The quantitative estimate of drug-likeness (QED) is 0.602. The van der Waals surface area contributed by atoms with E-state index in [1.54, 1.807) is 17.9 Å². The van der Waals surface area contributed by atoms with Crippen LogP contribution in [0.1, 0.15) is 5.56 Å². The lowest BCUT2D eigenvalue weighted by Crippen LogP contribution is -2.39. The largest absolute Gasteiger partial charge is 0.369 e. The van der Waals surface area contributed by atoms with E-state index in [9.17, 15) is 9.59 Å². The maximum atomic E-state index is 12.2. The van der Waals surface area contributed by atoms with E-state index in [-0.39, 0.29) is 6.54 Å². The summed E-state index contributed by atoms with van der Waals surface area (Å²) in [7, 11) is 1.79. The number of anilines is 1. The molecule has 1 atom stereocenters. The SMILES string of the molecule is Cn1cc(C[C@@H](CNC(=O)Nc2sc3ccccc3c2Cl)C(N)=O)cn1. The van der Waals surface area contributed by atoms with Crippen molar-refractivity contribution in [1.29, 1.82) is 0 Å². The highest BCUT2D eigenvalue weighted by Crippen LogP contribution is 2.39. The maximum absolute atomic E-state index is 12.2. The van der Waals surface area contributed by atoms with E-state index in [1.807, 2.05) is 30.5 Å². The highest BCUT2D eigenvalue weighted by atomic mass is 35.5. The predicted octanol–water partition coefficient (Wildman–Crippen LogP) is 2.75. The first-order chi connectivity index (χ1) is 12.4. The van der Waals surface area contributed by atoms with Gasteiger partial charge in [-0.05, 0) is 18.1 Å². The minimum Gasteiger partial charge on any atom is -0.369 e. The number of carbonyl (C=O) groups excluding carboxylic acids is 2. The molecular weight excluding hydrogens is 374 g/mol. The van der Waals surface area contributed by atoms with E-state index >= 15 is 0 Å². The van der Waals surface area contributed by atoms with Crippen LogP contribution in [0.25, 0.3) is 10.1 Å². The van der Waals surface area contributed by atoms with E-state index in [1.165, 1.54) is 11.3 Å². The zero-order chi connectivity index (χ0) is 18.7. The third-order valence-electron chi connectivity index (χ3n) is 3.91. The van der Waals surface area contributed by atoms with Crippen molar-refractivity contribution in [3.05, 3.63) is 47.2 Å². The molecule has 0 fully saturated rings. The van der Waals surface area contributed by atoms with E-state index < -0.39 is 17.9 Å². The van der Waals surface area contributed by atoms with Gasteiger partial charge < -0.3 is 11.1 Å². The Morgan fingerprint density at radius 3 is 2.81 bits per heavy atom. The van der Waals surface area contributed by atoms with Crippen LogP contribution in [0.15, 0.2) is 36.7 Å². The molecule has 0 aliphatic rings. The van der Waals surface area contributed by atoms with Gasteiger partial charge in [-0.3, -0.25) is 14.8 Å². The molecule has 0 bridgehead atoms. The molecular formula is C17H18ClN5O2S.